The first-order valence-electron chi connectivity index (χ1n) is 15.6. The van der Waals surface area contributed by atoms with Crippen LogP contribution in [0.5, 0.6) is 0 Å². The predicted molar refractivity (Wildman–Crippen MR) is 154 cm³/mol. The van der Waals surface area contributed by atoms with E-state index >= 15 is 0 Å². The number of nitrogens with zero attached hydrogens (tertiary/aromatic N) is 4. The van der Waals surface area contributed by atoms with E-state index in [0.29, 0.717) is 58.8 Å². The molecule has 228 valence electrons. The molecule has 0 saturated carbocycles. The summed E-state index contributed by atoms with van der Waals surface area (Å²) in [5, 5.41) is 10.6. The summed E-state index contributed by atoms with van der Waals surface area (Å²) >= 11 is 0. The number of fused-ring (bicyclic) bond motifs is 2. The second-order valence-corrected chi connectivity index (χ2v) is 12.7. The summed E-state index contributed by atoms with van der Waals surface area (Å²) < 4.78 is 12.5. The fraction of sp³-hybridized carbons (Fsp3) is 0.774. The maximum absolute atomic E-state index is 14.6. The molecule has 0 radical (unpaired) electrons. The standard InChI is InChI=1S/C31H48N4O6/c1-5-11-33-12-7-9-30(6-2)24(27(33)37)25-28(38)35(23(21-36)20-22(3)4)26-29(39)34(13-8-10-31(25,26)41-30)15-14-32-16-18-40-19-17-32/h7-10,22-26,36H,5-6,11-21H2,1-4H3/t23-,24-,25+,26?,30+,31+/m1/s1. The number of amides is 3. The molecule has 5 rings (SSSR count). The molecule has 0 bridgehead atoms. The number of carbonyl (C=O) groups is 3. The highest BCUT2D eigenvalue weighted by atomic mass is 16.5. The zero-order valence-corrected chi connectivity index (χ0v) is 25.2. The first kappa shape index (κ1) is 30.2. The van der Waals surface area contributed by atoms with Crippen LogP contribution < -0.4 is 0 Å². The Hall–Kier alpha value is -2.27. The van der Waals surface area contributed by atoms with E-state index in [2.05, 4.69) is 4.90 Å². The van der Waals surface area contributed by atoms with Gasteiger partial charge in [0, 0.05) is 45.8 Å². The van der Waals surface area contributed by atoms with Gasteiger partial charge in [-0.3, -0.25) is 19.3 Å². The number of morpholine rings is 1. The number of rotatable bonds is 10. The van der Waals surface area contributed by atoms with E-state index in [4.69, 9.17) is 9.47 Å². The molecule has 5 aliphatic heterocycles. The zero-order chi connectivity index (χ0) is 29.4. The molecule has 6 atom stereocenters. The van der Waals surface area contributed by atoms with Crippen molar-refractivity contribution in [1.29, 1.82) is 0 Å². The number of aliphatic hydroxyl groups is 1. The van der Waals surface area contributed by atoms with Crippen molar-refractivity contribution < 1.29 is 29.0 Å². The van der Waals surface area contributed by atoms with Crippen LogP contribution in [0, 0.1) is 17.8 Å². The predicted octanol–water partition coefficient (Wildman–Crippen LogP) is 1.29. The van der Waals surface area contributed by atoms with E-state index in [-0.39, 0.29) is 30.2 Å². The molecule has 1 N–H and O–H groups in total. The summed E-state index contributed by atoms with van der Waals surface area (Å²) in [5.74, 6) is -1.92. The van der Waals surface area contributed by atoms with Crippen LogP contribution in [-0.2, 0) is 23.9 Å². The molecule has 5 aliphatic rings. The molecule has 5 heterocycles. The van der Waals surface area contributed by atoms with Gasteiger partial charge >= 0.3 is 0 Å². The van der Waals surface area contributed by atoms with Crippen LogP contribution in [0.3, 0.4) is 0 Å². The summed E-state index contributed by atoms with van der Waals surface area (Å²) in [4.78, 5) is 51.0. The van der Waals surface area contributed by atoms with Gasteiger partial charge in [-0.1, -0.05) is 52.0 Å². The van der Waals surface area contributed by atoms with Crippen molar-refractivity contribution in [2.45, 2.75) is 70.2 Å². The maximum atomic E-state index is 14.6. The largest absolute Gasteiger partial charge is 0.394 e. The van der Waals surface area contributed by atoms with Crippen molar-refractivity contribution in [2.24, 2.45) is 17.8 Å². The van der Waals surface area contributed by atoms with Crippen LogP contribution >= 0.6 is 0 Å². The maximum Gasteiger partial charge on any atom is 0.249 e. The Morgan fingerprint density at radius 1 is 0.927 bits per heavy atom. The van der Waals surface area contributed by atoms with Crippen LogP contribution in [0.1, 0.15) is 47.0 Å². The molecule has 10 nitrogen and oxygen atoms in total. The van der Waals surface area contributed by atoms with Crippen LogP contribution in [0.25, 0.3) is 0 Å². The van der Waals surface area contributed by atoms with Crippen molar-refractivity contribution in [3.05, 3.63) is 24.3 Å². The minimum absolute atomic E-state index is 0.0896. The minimum Gasteiger partial charge on any atom is -0.394 e. The molecule has 0 aromatic rings. The monoisotopic (exact) mass is 572 g/mol. The summed E-state index contributed by atoms with van der Waals surface area (Å²) in [5.41, 5.74) is -2.27. The number of carbonyl (C=O) groups excluding carboxylic acids is 3. The lowest BCUT2D eigenvalue weighted by Crippen LogP contribution is -2.59. The Balaban J connectivity index is 1.57. The van der Waals surface area contributed by atoms with E-state index in [1.165, 1.54) is 0 Å². The Morgan fingerprint density at radius 3 is 2.24 bits per heavy atom. The first-order chi connectivity index (χ1) is 19.7. The Kier molecular flexibility index (Phi) is 8.95. The van der Waals surface area contributed by atoms with Crippen LogP contribution in [0.15, 0.2) is 24.3 Å². The molecule has 3 amide bonds. The number of hydrogen-bond acceptors (Lipinski definition) is 7. The number of aliphatic hydroxyl groups excluding tert-OH is 1. The smallest absolute Gasteiger partial charge is 0.249 e. The molecule has 1 unspecified atom stereocenters. The van der Waals surface area contributed by atoms with Gasteiger partial charge in [-0.2, -0.15) is 0 Å². The zero-order valence-electron chi connectivity index (χ0n) is 25.2. The average Bonchev–Trinajstić information content (AvgIpc) is 3.27. The number of hydrogen-bond donors (Lipinski definition) is 1. The third kappa shape index (κ3) is 5.15. The van der Waals surface area contributed by atoms with Crippen LogP contribution in [0.4, 0.5) is 0 Å². The molecule has 0 aliphatic carbocycles. The summed E-state index contributed by atoms with van der Waals surface area (Å²) in [6.45, 7) is 13.6. The van der Waals surface area contributed by atoms with E-state index in [0.717, 1.165) is 19.5 Å². The van der Waals surface area contributed by atoms with Crippen molar-refractivity contribution in [1.82, 2.24) is 19.6 Å². The van der Waals surface area contributed by atoms with Crippen LogP contribution in [-0.4, -0.2) is 131 Å². The molecule has 3 fully saturated rings. The van der Waals surface area contributed by atoms with E-state index in [1.54, 1.807) is 4.90 Å². The third-order valence-electron chi connectivity index (χ3n) is 9.68. The number of likely N-dealkylation sites (tertiary alicyclic amines) is 1. The topological polar surface area (TPSA) is 103 Å². The number of ether oxygens (including phenoxy) is 2. The molecule has 0 aromatic heterocycles. The Bertz CT molecular complexity index is 1060. The summed E-state index contributed by atoms with van der Waals surface area (Å²) in [6, 6.07) is -1.50. The van der Waals surface area contributed by atoms with Gasteiger partial charge in [-0.25, -0.2) is 0 Å². The summed E-state index contributed by atoms with van der Waals surface area (Å²) in [6.07, 6.45) is 9.68. The van der Waals surface area contributed by atoms with Gasteiger partial charge in [0.05, 0.1) is 43.3 Å². The van der Waals surface area contributed by atoms with Crippen molar-refractivity contribution >= 4 is 17.7 Å². The minimum atomic E-state index is -1.29. The normalized spacial score (nSPS) is 34.6. The van der Waals surface area contributed by atoms with Crippen molar-refractivity contribution in [3.8, 4) is 0 Å². The van der Waals surface area contributed by atoms with Gasteiger partial charge < -0.3 is 29.3 Å². The lowest BCUT2D eigenvalue weighted by Gasteiger charge is -2.41. The molecule has 3 saturated heterocycles. The first-order valence-corrected chi connectivity index (χ1v) is 15.6. The van der Waals surface area contributed by atoms with Gasteiger partial charge in [0.2, 0.25) is 17.7 Å². The quantitative estimate of drug-likeness (QED) is 0.394. The van der Waals surface area contributed by atoms with Gasteiger partial charge in [0.25, 0.3) is 0 Å². The molecule has 0 aromatic carbocycles. The fourth-order valence-corrected chi connectivity index (χ4v) is 7.77. The van der Waals surface area contributed by atoms with E-state index < -0.39 is 35.1 Å². The molecule has 1 spiro atoms. The average molecular weight is 573 g/mol. The second kappa shape index (κ2) is 12.1. The van der Waals surface area contributed by atoms with Gasteiger partial charge in [-0.15, -0.1) is 0 Å². The Morgan fingerprint density at radius 2 is 1.61 bits per heavy atom. The van der Waals surface area contributed by atoms with Crippen molar-refractivity contribution in [3.63, 3.8) is 0 Å². The van der Waals surface area contributed by atoms with E-state index in [9.17, 15) is 19.5 Å². The molecular formula is C31H48N4O6. The molecule has 10 heteroatoms. The SMILES string of the molecule is CCCN1CC=C[C@]2(CC)O[C@]34C=CCN(CCN5CCOCC5)C(=O)C3N([C@@H](CO)CC(C)C)C(=O)[C@@H]4[C@@H]2C1=O. The molecule has 41 heavy (non-hydrogen) atoms. The molecular weight excluding hydrogens is 524 g/mol. The fourth-order valence-electron chi connectivity index (χ4n) is 7.77. The van der Waals surface area contributed by atoms with E-state index in [1.807, 2.05) is 61.8 Å². The highest BCUT2D eigenvalue weighted by molar-refractivity contribution is 6.00. The van der Waals surface area contributed by atoms with Gasteiger partial charge in [-0.05, 0) is 25.2 Å². The lowest BCUT2D eigenvalue weighted by molar-refractivity contribution is -0.157. The van der Waals surface area contributed by atoms with Gasteiger partial charge in [0.1, 0.15) is 11.6 Å². The second-order valence-electron chi connectivity index (χ2n) is 12.7. The third-order valence-corrected chi connectivity index (χ3v) is 9.68. The Labute approximate surface area is 244 Å². The highest BCUT2D eigenvalue weighted by Gasteiger charge is 2.75. The lowest BCUT2D eigenvalue weighted by atomic mass is 9.73. The van der Waals surface area contributed by atoms with Crippen LogP contribution in [0.2, 0.25) is 0 Å². The highest BCUT2D eigenvalue weighted by Crippen LogP contribution is 2.59. The van der Waals surface area contributed by atoms with Gasteiger partial charge in [0.15, 0.2) is 0 Å². The van der Waals surface area contributed by atoms with Crippen molar-refractivity contribution in [2.75, 3.05) is 65.6 Å². The summed E-state index contributed by atoms with van der Waals surface area (Å²) in [7, 11) is 0.